The van der Waals surface area contributed by atoms with Crippen LogP contribution in [0.15, 0.2) is 0 Å². The standard InChI is InChI=1S/C4H12N4O2/c5-3(4(9)10)1-2-7-8-6/h3,7-8H,1-2,5-6H2,(H,9,10)/t3-/m0/s1. The van der Waals surface area contributed by atoms with Crippen molar-refractivity contribution in [2.75, 3.05) is 6.54 Å². The molecular formula is C4H12N4O2. The number of carbonyl (C=O) groups is 1. The van der Waals surface area contributed by atoms with Crippen LogP contribution in [0.3, 0.4) is 0 Å². The van der Waals surface area contributed by atoms with Gasteiger partial charge < -0.3 is 10.8 Å². The van der Waals surface area contributed by atoms with E-state index in [1.54, 1.807) is 0 Å². The first-order valence-corrected chi connectivity index (χ1v) is 2.85. The van der Waals surface area contributed by atoms with Gasteiger partial charge in [0.15, 0.2) is 0 Å². The van der Waals surface area contributed by atoms with Crippen molar-refractivity contribution in [2.24, 2.45) is 11.6 Å². The Labute approximate surface area is 58.5 Å². The minimum absolute atomic E-state index is 0.347. The van der Waals surface area contributed by atoms with Crippen LogP contribution in [0.5, 0.6) is 0 Å². The van der Waals surface area contributed by atoms with E-state index in [2.05, 4.69) is 11.0 Å². The molecule has 1 atom stereocenters. The Balaban J connectivity index is 3.21. The Morgan fingerprint density at radius 1 is 1.70 bits per heavy atom. The Hall–Kier alpha value is -0.690. The second-order valence-electron chi connectivity index (χ2n) is 1.80. The van der Waals surface area contributed by atoms with E-state index in [9.17, 15) is 4.79 Å². The summed E-state index contributed by atoms with van der Waals surface area (Å²) in [5.74, 6) is 3.84. The van der Waals surface area contributed by atoms with Gasteiger partial charge in [-0.25, -0.2) is 5.43 Å². The number of carboxylic acids is 1. The molecule has 6 heteroatoms. The molecule has 0 saturated carbocycles. The summed E-state index contributed by atoms with van der Waals surface area (Å²) in [6.07, 6.45) is 0.347. The maximum Gasteiger partial charge on any atom is 0.320 e. The average Bonchev–Trinajstić information content (AvgIpc) is 1.88. The van der Waals surface area contributed by atoms with Gasteiger partial charge in [-0.15, -0.1) is 0 Å². The second-order valence-corrected chi connectivity index (χ2v) is 1.80. The minimum Gasteiger partial charge on any atom is -0.480 e. The van der Waals surface area contributed by atoms with Crippen molar-refractivity contribution >= 4 is 5.97 Å². The molecule has 10 heavy (non-hydrogen) atoms. The number of rotatable bonds is 5. The topological polar surface area (TPSA) is 113 Å². The number of aliphatic carboxylic acids is 1. The molecule has 0 radical (unpaired) electrons. The number of carboxylic acid groups (broad SMARTS) is 1. The monoisotopic (exact) mass is 148 g/mol. The summed E-state index contributed by atoms with van der Waals surface area (Å²) in [6.45, 7) is 0.434. The quantitative estimate of drug-likeness (QED) is 0.171. The van der Waals surface area contributed by atoms with Crippen LogP contribution in [0.25, 0.3) is 0 Å². The Kier molecular flexibility index (Phi) is 4.77. The molecule has 0 aromatic heterocycles. The van der Waals surface area contributed by atoms with Crippen LogP contribution in [0.4, 0.5) is 0 Å². The fourth-order valence-electron chi connectivity index (χ4n) is 0.423. The highest BCUT2D eigenvalue weighted by molar-refractivity contribution is 5.72. The summed E-state index contributed by atoms with van der Waals surface area (Å²) in [7, 11) is 0. The van der Waals surface area contributed by atoms with Crippen LogP contribution < -0.4 is 22.5 Å². The Morgan fingerprint density at radius 3 is 2.70 bits per heavy atom. The summed E-state index contributed by atoms with van der Waals surface area (Å²) in [6, 6.07) is -0.819. The van der Waals surface area contributed by atoms with Gasteiger partial charge in [0.05, 0.1) is 0 Å². The van der Waals surface area contributed by atoms with Crippen molar-refractivity contribution in [1.29, 1.82) is 0 Å². The number of hydrazine groups is 2. The molecule has 0 aliphatic rings. The highest BCUT2D eigenvalue weighted by atomic mass is 16.4. The maximum atomic E-state index is 10.1. The van der Waals surface area contributed by atoms with Gasteiger partial charge in [0.2, 0.25) is 0 Å². The first-order chi connectivity index (χ1) is 4.68. The fraction of sp³-hybridized carbons (Fsp3) is 0.750. The molecule has 0 heterocycles. The van der Waals surface area contributed by atoms with Gasteiger partial charge in [0, 0.05) is 6.54 Å². The van der Waals surface area contributed by atoms with Crippen LogP contribution >= 0.6 is 0 Å². The van der Waals surface area contributed by atoms with Crippen molar-refractivity contribution in [3.05, 3.63) is 0 Å². The van der Waals surface area contributed by atoms with E-state index < -0.39 is 12.0 Å². The lowest BCUT2D eigenvalue weighted by Gasteiger charge is -2.05. The predicted molar refractivity (Wildman–Crippen MR) is 35.6 cm³/mol. The molecule has 0 aromatic carbocycles. The van der Waals surface area contributed by atoms with Crippen LogP contribution in [-0.4, -0.2) is 23.7 Å². The lowest BCUT2D eigenvalue weighted by molar-refractivity contribution is -0.138. The summed E-state index contributed by atoms with van der Waals surface area (Å²) in [5.41, 5.74) is 9.83. The zero-order chi connectivity index (χ0) is 7.98. The molecular weight excluding hydrogens is 136 g/mol. The average molecular weight is 148 g/mol. The van der Waals surface area contributed by atoms with E-state index in [-0.39, 0.29) is 0 Å². The van der Waals surface area contributed by atoms with Gasteiger partial charge in [0.1, 0.15) is 6.04 Å². The molecule has 0 aliphatic carbocycles. The van der Waals surface area contributed by atoms with Gasteiger partial charge in [-0.05, 0) is 6.42 Å². The molecule has 0 fully saturated rings. The second kappa shape index (κ2) is 5.12. The predicted octanol–water partition coefficient (Wildman–Crippen LogP) is -2.24. The van der Waals surface area contributed by atoms with Crippen LogP contribution in [0.1, 0.15) is 6.42 Å². The van der Waals surface area contributed by atoms with Crippen molar-refractivity contribution in [1.82, 2.24) is 11.0 Å². The van der Waals surface area contributed by atoms with E-state index >= 15 is 0 Å². The third kappa shape index (κ3) is 4.21. The molecule has 7 N–H and O–H groups in total. The van der Waals surface area contributed by atoms with E-state index in [1.807, 2.05) is 0 Å². The molecule has 0 saturated heterocycles. The number of hydrogen-bond donors (Lipinski definition) is 5. The van der Waals surface area contributed by atoms with Crippen molar-refractivity contribution in [3.8, 4) is 0 Å². The van der Waals surface area contributed by atoms with Crippen LogP contribution in [0, 0.1) is 0 Å². The third-order valence-electron chi connectivity index (χ3n) is 1.000. The molecule has 60 valence electrons. The van der Waals surface area contributed by atoms with E-state index in [1.165, 1.54) is 0 Å². The number of nitrogens with one attached hydrogen (secondary N) is 2. The summed E-state index contributed by atoms with van der Waals surface area (Å²) in [4.78, 5) is 10.1. The van der Waals surface area contributed by atoms with E-state index in [0.29, 0.717) is 13.0 Å². The largest absolute Gasteiger partial charge is 0.480 e. The summed E-state index contributed by atoms with van der Waals surface area (Å²) < 4.78 is 0. The lowest BCUT2D eigenvalue weighted by atomic mass is 10.2. The lowest BCUT2D eigenvalue weighted by Crippen LogP contribution is -2.41. The molecule has 0 bridgehead atoms. The van der Waals surface area contributed by atoms with Gasteiger partial charge in [-0.3, -0.25) is 10.6 Å². The minimum atomic E-state index is -1.00. The Morgan fingerprint density at radius 2 is 2.30 bits per heavy atom. The van der Waals surface area contributed by atoms with E-state index in [0.717, 1.165) is 0 Å². The molecule has 0 amide bonds. The van der Waals surface area contributed by atoms with E-state index in [4.69, 9.17) is 16.7 Å². The van der Waals surface area contributed by atoms with Crippen molar-refractivity contribution in [3.63, 3.8) is 0 Å². The summed E-state index contributed by atoms with van der Waals surface area (Å²) in [5, 5.41) is 8.28. The SMILES string of the molecule is NNNCC[C@H](N)C(=O)O. The molecule has 0 spiro atoms. The van der Waals surface area contributed by atoms with Gasteiger partial charge in [-0.2, -0.15) is 5.53 Å². The first-order valence-electron chi connectivity index (χ1n) is 2.85. The molecule has 0 aliphatic heterocycles. The third-order valence-corrected chi connectivity index (χ3v) is 1.000. The highest BCUT2D eigenvalue weighted by Crippen LogP contribution is 1.83. The van der Waals surface area contributed by atoms with Crippen LogP contribution in [0.2, 0.25) is 0 Å². The molecule has 6 nitrogen and oxygen atoms in total. The smallest absolute Gasteiger partial charge is 0.320 e. The zero-order valence-corrected chi connectivity index (χ0v) is 5.50. The number of nitrogens with two attached hydrogens (primary N) is 2. The Bertz CT molecular complexity index is 107. The maximum absolute atomic E-state index is 10.1. The first kappa shape index (κ1) is 9.31. The highest BCUT2D eigenvalue weighted by Gasteiger charge is 2.09. The normalized spacial score (nSPS) is 13.0. The van der Waals surface area contributed by atoms with Crippen molar-refractivity contribution in [2.45, 2.75) is 12.5 Å². The molecule has 0 aromatic rings. The fourth-order valence-corrected chi connectivity index (χ4v) is 0.423. The van der Waals surface area contributed by atoms with Gasteiger partial charge in [0.25, 0.3) is 0 Å². The summed E-state index contributed by atoms with van der Waals surface area (Å²) >= 11 is 0. The zero-order valence-electron chi connectivity index (χ0n) is 5.50. The van der Waals surface area contributed by atoms with Crippen molar-refractivity contribution < 1.29 is 9.90 Å². The number of hydrogen-bond acceptors (Lipinski definition) is 5. The van der Waals surface area contributed by atoms with Gasteiger partial charge in [-0.1, -0.05) is 0 Å². The molecule has 0 unspecified atom stereocenters. The van der Waals surface area contributed by atoms with Crippen LogP contribution in [-0.2, 0) is 4.79 Å². The molecule has 0 rings (SSSR count). The van der Waals surface area contributed by atoms with Gasteiger partial charge >= 0.3 is 5.97 Å².